The summed E-state index contributed by atoms with van der Waals surface area (Å²) in [6.07, 6.45) is 15.8. The molecule has 0 N–H and O–H groups in total. The lowest BCUT2D eigenvalue weighted by atomic mass is 9.86. The summed E-state index contributed by atoms with van der Waals surface area (Å²) in [5.41, 5.74) is 9.60. The molecule has 0 amide bonds. The van der Waals surface area contributed by atoms with Crippen molar-refractivity contribution in [3.8, 4) is 6.07 Å². The Balaban J connectivity index is 1.23. The predicted octanol–water partition coefficient (Wildman–Crippen LogP) is 6.71. The van der Waals surface area contributed by atoms with Crippen molar-refractivity contribution in [2.24, 2.45) is 0 Å². The summed E-state index contributed by atoms with van der Waals surface area (Å²) in [6.45, 7) is 0. The van der Waals surface area contributed by atoms with Crippen LogP contribution in [0, 0.1) is 11.3 Å². The minimum atomic E-state index is 0.123. The van der Waals surface area contributed by atoms with Crippen molar-refractivity contribution in [1.82, 2.24) is 4.98 Å². The van der Waals surface area contributed by atoms with Crippen molar-refractivity contribution in [3.63, 3.8) is 0 Å². The zero-order chi connectivity index (χ0) is 26.6. The molecule has 8 rings (SSSR count). The number of rotatable bonds is 3. The molecule has 4 nitrogen and oxygen atoms in total. The number of nitrogens with zero attached hydrogens (tertiary/aromatic N) is 3. The van der Waals surface area contributed by atoms with Crippen LogP contribution in [-0.4, -0.2) is 11.0 Å². The van der Waals surface area contributed by atoms with Gasteiger partial charge in [0.25, 0.3) is 0 Å². The molecule has 0 fully saturated rings. The molecule has 0 bridgehead atoms. The standard InChI is InChI=1S/C36H25N3O/c37-21-26-15-16-38-22-32(26)25-9-5-7-23(17-25)24-8-6-10-27(18-24)39-33-13-3-1-11-28(33)30-20-36-31(19-34(30)39)29-12-2-4-14-35(29)40-36/h1-8,10-20,22,25,30,34H,9H2. The van der Waals surface area contributed by atoms with Crippen molar-refractivity contribution >= 4 is 40.1 Å². The first-order valence-corrected chi connectivity index (χ1v) is 13.7. The summed E-state index contributed by atoms with van der Waals surface area (Å²) in [6, 6.07) is 30.1. The average Bonchev–Trinajstić information content (AvgIpc) is 3.55. The molecule has 1 aliphatic heterocycles. The zero-order valence-corrected chi connectivity index (χ0v) is 21.7. The molecule has 3 unspecified atom stereocenters. The van der Waals surface area contributed by atoms with Crippen LogP contribution in [0.5, 0.6) is 0 Å². The number of para-hydroxylation sites is 2. The molecule has 0 spiro atoms. The van der Waals surface area contributed by atoms with Gasteiger partial charge in [0.05, 0.1) is 17.7 Å². The lowest BCUT2D eigenvalue weighted by Crippen LogP contribution is -2.36. The van der Waals surface area contributed by atoms with E-state index in [2.05, 4.69) is 107 Å². The maximum Gasteiger partial charge on any atom is 0.135 e. The summed E-state index contributed by atoms with van der Waals surface area (Å²) in [7, 11) is 0. The van der Waals surface area contributed by atoms with Crippen LogP contribution in [0.2, 0.25) is 0 Å². The van der Waals surface area contributed by atoms with E-state index in [0.717, 1.165) is 45.2 Å². The van der Waals surface area contributed by atoms with Crippen LogP contribution in [-0.2, 0) is 0 Å². The quantitative estimate of drug-likeness (QED) is 0.268. The normalized spacial score (nSPS) is 20.5. The van der Waals surface area contributed by atoms with Crippen LogP contribution in [0.15, 0.2) is 114 Å². The number of benzene rings is 3. The highest BCUT2D eigenvalue weighted by Crippen LogP contribution is 2.47. The van der Waals surface area contributed by atoms with Gasteiger partial charge in [-0.3, -0.25) is 4.98 Å². The Labute approximate surface area is 232 Å². The van der Waals surface area contributed by atoms with Crippen molar-refractivity contribution < 1.29 is 4.42 Å². The van der Waals surface area contributed by atoms with Gasteiger partial charge in [0, 0.05) is 46.2 Å². The summed E-state index contributed by atoms with van der Waals surface area (Å²) < 4.78 is 6.27. The molecule has 3 atom stereocenters. The Morgan fingerprint density at radius 1 is 0.900 bits per heavy atom. The van der Waals surface area contributed by atoms with Crippen LogP contribution in [0.3, 0.4) is 0 Å². The van der Waals surface area contributed by atoms with Gasteiger partial charge in [-0.2, -0.15) is 5.26 Å². The highest BCUT2D eigenvalue weighted by atomic mass is 16.3. The molecule has 40 heavy (non-hydrogen) atoms. The second-order valence-electron chi connectivity index (χ2n) is 10.6. The Hall–Kier alpha value is -5.14. The fourth-order valence-electron chi connectivity index (χ4n) is 6.62. The van der Waals surface area contributed by atoms with Gasteiger partial charge in [0.15, 0.2) is 0 Å². The van der Waals surface area contributed by atoms with E-state index in [1.54, 1.807) is 12.3 Å². The number of allylic oxidation sites excluding steroid dienone is 4. The fraction of sp³-hybridized carbons (Fsp3) is 0.111. The maximum absolute atomic E-state index is 9.64. The van der Waals surface area contributed by atoms with Crippen LogP contribution in [0.25, 0.3) is 28.7 Å². The number of furan rings is 1. The number of aromatic nitrogens is 1. The van der Waals surface area contributed by atoms with Crippen LogP contribution >= 0.6 is 0 Å². The summed E-state index contributed by atoms with van der Waals surface area (Å²) in [5.74, 6) is 0.332. The summed E-state index contributed by atoms with van der Waals surface area (Å²) in [5, 5.41) is 12.0. The second-order valence-corrected chi connectivity index (χ2v) is 10.6. The summed E-state index contributed by atoms with van der Waals surface area (Å²) >= 11 is 0. The van der Waals surface area contributed by atoms with E-state index in [1.807, 2.05) is 18.3 Å². The topological polar surface area (TPSA) is 53.1 Å². The third-order valence-electron chi connectivity index (χ3n) is 8.45. The molecule has 4 heteroatoms. The Bertz CT molecular complexity index is 2040. The van der Waals surface area contributed by atoms with Gasteiger partial charge in [-0.1, -0.05) is 66.8 Å². The minimum Gasteiger partial charge on any atom is -0.456 e. The molecule has 0 radical (unpaired) electrons. The molecule has 2 aromatic heterocycles. The van der Waals surface area contributed by atoms with E-state index < -0.39 is 0 Å². The van der Waals surface area contributed by atoms with Crippen molar-refractivity contribution in [2.75, 3.05) is 4.90 Å². The van der Waals surface area contributed by atoms with E-state index >= 15 is 0 Å². The van der Waals surface area contributed by atoms with E-state index in [0.29, 0.717) is 5.56 Å². The summed E-state index contributed by atoms with van der Waals surface area (Å²) in [4.78, 5) is 6.78. The number of fused-ring (bicyclic) bond motifs is 6. The number of pyridine rings is 1. The first kappa shape index (κ1) is 22.8. The number of hydrogen-bond acceptors (Lipinski definition) is 4. The molecule has 3 heterocycles. The lowest BCUT2D eigenvalue weighted by Gasteiger charge is -2.29. The van der Waals surface area contributed by atoms with Gasteiger partial charge in [-0.05, 0) is 71.2 Å². The zero-order valence-electron chi connectivity index (χ0n) is 21.7. The molecule has 3 aromatic carbocycles. The van der Waals surface area contributed by atoms with Crippen molar-refractivity contribution in [2.45, 2.75) is 24.3 Å². The van der Waals surface area contributed by atoms with Gasteiger partial charge in [0.2, 0.25) is 0 Å². The highest BCUT2D eigenvalue weighted by Gasteiger charge is 2.38. The molecule has 5 aromatic rings. The molecule has 190 valence electrons. The van der Waals surface area contributed by atoms with Gasteiger partial charge < -0.3 is 9.32 Å². The van der Waals surface area contributed by atoms with Gasteiger partial charge in [-0.15, -0.1) is 0 Å². The Kier molecular flexibility index (Phi) is 5.11. The highest BCUT2D eigenvalue weighted by molar-refractivity contribution is 5.86. The fourth-order valence-corrected chi connectivity index (χ4v) is 6.62. The van der Waals surface area contributed by atoms with E-state index in [9.17, 15) is 5.26 Å². The molecule has 2 aliphatic carbocycles. The minimum absolute atomic E-state index is 0.123. The van der Waals surface area contributed by atoms with Gasteiger partial charge in [-0.25, -0.2) is 0 Å². The largest absolute Gasteiger partial charge is 0.456 e. The van der Waals surface area contributed by atoms with Crippen LogP contribution in [0.1, 0.15) is 40.5 Å². The maximum atomic E-state index is 9.64. The molecule has 0 saturated heterocycles. The number of hydrogen-bond donors (Lipinski definition) is 0. The molecule has 3 aliphatic rings. The van der Waals surface area contributed by atoms with Gasteiger partial charge >= 0.3 is 0 Å². The van der Waals surface area contributed by atoms with Crippen LogP contribution in [0.4, 0.5) is 11.4 Å². The van der Waals surface area contributed by atoms with Crippen LogP contribution < -0.4 is 15.5 Å². The third-order valence-corrected chi connectivity index (χ3v) is 8.45. The average molecular weight is 516 g/mol. The first-order chi connectivity index (χ1) is 19.8. The molecular weight excluding hydrogens is 490 g/mol. The molecule has 0 saturated carbocycles. The van der Waals surface area contributed by atoms with Gasteiger partial charge in [0.1, 0.15) is 11.0 Å². The monoisotopic (exact) mass is 515 g/mol. The number of anilines is 2. The molecular formula is C36H25N3O. The first-order valence-electron chi connectivity index (χ1n) is 13.7. The Morgan fingerprint density at radius 2 is 1.80 bits per heavy atom. The predicted molar refractivity (Wildman–Crippen MR) is 159 cm³/mol. The van der Waals surface area contributed by atoms with E-state index in [4.69, 9.17) is 4.42 Å². The Morgan fingerprint density at radius 3 is 2.75 bits per heavy atom. The third kappa shape index (κ3) is 3.48. The van der Waals surface area contributed by atoms with E-state index in [1.165, 1.54) is 16.5 Å². The number of nitriles is 1. The smallest absolute Gasteiger partial charge is 0.135 e. The lowest BCUT2D eigenvalue weighted by molar-refractivity contribution is 0.567. The SMILES string of the molecule is N#Cc1ccncc1C1C=C(c2cccc(N3c4ccccc4C4C=c5oc6ccccc6c5=CC43)c2)C=CC1. The van der Waals surface area contributed by atoms with Crippen molar-refractivity contribution in [1.29, 1.82) is 5.26 Å². The van der Waals surface area contributed by atoms with Crippen molar-refractivity contribution in [3.05, 3.63) is 142 Å². The second kappa shape index (κ2) is 8.97. The van der Waals surface area contributed by atoms with E-state index in [-0.39, 0.29) is 17.9 Å².